The van der Waals surface area contributed by atoms with E-state index in [1.54, 1.807) is 6.07 Å². The molecule has 1 aliphatic rings. The molecule has 0 atom stereocenters. The van der Waals surface area contributed by atoms with Gasteiger partial charge in [0.25, 0.3) is 0 Å². The van der Waals surface area contributed by atoms with Crippen LogP contribution in [0.25, 0.3) is 0 Å². The molecular formula is C17H19Cl3F2N2. The Morgan fingerprint density at radius 2 is 1.79 bits per heavy atom. The Bertz CT molecular complexity index is 666. The molecule has 3 rings (SSSR count). The van der Waals surface area contributed by atoms with Crippen LogP contribution in [0, 0.1) is 17.6 Å². The number of nitrogens with one attached hydrogen (secondary N) is 1. The van der Waals surface area contributed by atoms with Crippen molar-refractivity contribution in [1.82, 2.24) is 5.32 Å². The lowest BCUT2D eigenvalue weighted by Gasteiger charge is -2.34. The predicted octanol–water partition coefficient (Wildman–Crippen LogP) is 4.69. The van der Waals surface area contributed by atoms with Gasteiger partial charge < -0.3 is 10.2 Å². The molecule has 1 aliphatic heterocycles. The molecule has 132 valence electrons. The molecule has 0 aromatic heterocycles. The summed E-state index contributed by atoms with van der Waals surface area (Å²) >= 11 is 6.07. The second kappa shape index (κ2) is 9.42. The monoisotopic (exact) mass is 394 g/mol. The number of nitrogens with zero attached hydrogens (tertiary/aromatic N) is 1. The zero-order valence-corrected chi connectivity index (χ0v) is 15.2. The molecule has 0 saturated carbocycles. The van der Waals surface area contributed by atoms with Crippen LogP contribution in [0.4, 0.5) is 14.5 Å². The summed E-state index contributed by atoms with van der Waals surface area (Å²) < 4.78 is 26.5. The summed E-state index contributed by atoms with van der Waals surface area (Å²) in [4.78, 5) is 2.16. The standard InChI is InChI=1S/C17H17ClF2N2.2ClH/c18-14-2-1-3-15(7-14)22(11-13-8-21-9-13)10-12-4-5-16(19)17(20)6-12;;/h1-7,13,21H,8-11H2;2*1H. The molecule has 7 heteroatoms. The number of hydrogen-bond acceptors (Lipinski definition) is 2. The number of rotatable bonds is 5. The van der Waals surface area contributed by atoms with Crippen LogP contribution in [0.5, 0.6) is 0 Å². The van der Waals surface area contributed by atoms with Crippen molar-refractivity contribution in [2.45, 2.75) is 6.54 Å². The van der Waals surface area contributed by atoms with Crippen molar-refractivity contribution in [1.29, 1.82) is 0 Å². The first kappa shape index (κ1) is 21.0. The Labute approximate surface area is 158 Å². The van der Waals surface area contributed by atoms with Gasteiger partial charge in [0.2, 0.25) is 0 Å². The Morgan fingerprint density at radius 3 is 2.38 bits per heavy atom. The maximum absolute atomic E-state index is 13.4. The number of halogens is 5. The van der Waals surface area contributed by atoms with Crippen molar-refractivity contribution in [2.24, 2.45) is 5.92 Å². The predicted molar refractivity (Wildman–Crippen MR) is 99.7 cm³/mol. The average molecular weight is 396 g/mol. The minimum Gasteiger partial charge on any atom is -0.367 e. The first-order valence-electron chi connectivity index (χ1n) is 7.27. The molecule has 1 fully saturated rings. The van der Waals surface area contributed by atoms with Gasteiger partial charge in [-0.2, -0.15) is 0 Å². The van der Waals surface area contributed by atoms with E-state index >= 15 is 0 Å². The number of hydrogen-bond donors (Lipinski definition) is 1. The minimum absolute atomic E-state index is 0. The molecule has 0 amide bonds. The van der Waals surface area contributed by atoms with Gasteiger partial charge in [-0.05, 0) is 35.9 Å². The molecule has 24 heavy (non-hydrogen) atoms. The maximum Gasteiger partial charge on any atom is 0.159 e. The first-order chi connectivity index (χ1) is 10.6. The molecule has 2 nitrogen and oxygen atoms in total. The van der Waals surface area contributed by atoms with Gasteiger partial charge in [0.15, 0.2) is 11.6 Å². The van der Waals surface area contributed by atoms with Crippen LogP contribution in [-0.2, 0) is 6.54 Å². The summed E-state index contributed by atoms with van der Waals surface area (Å²) in [5.74, 6) is -1.07. The van der Waals surface area contributed by atoms with Gasteiger partial charge in [0.1, 0.15) is 0 Å². The van der Waals surface area contributed by atoms with Crippen molar-refractivity contribution in [3.63, 3.8) is 0 Å². The highest BCUT2D eigenvalue weighted by molar-refractivity contribution is 6.30. The summed E-state index contributed by atoms with van der Waals surface area (Å²) in [6.07, 6.45) is 0. The lowest BCUT2D eigenvalue weighted by Crippen LogP contribution is -2.48. The summed E-state index contributed by atoms with van der Waals surface area (Å²) in [6, 6.07) is 11.7. The molecular weight excluding hydrogens is 377 g/mol. The second-order valence-corrected chi connectivity index (χ2v) is 6.07. The quantitative estimate of drug-likeness (QED) is 0.790. The van der Waals surface area contributed by atoms with E-state index in [9.17, 15) is 8.78 Å². The fourth-order valence-electron chi connectivity index (χ4n) is 2.58. The molecule has 0 radical (unpaired) electrons. The van der Waals surface area contributed by atoms with Crippen LogP contribution in [0.3, 0.4) is 0 Å². The summed E-state index contributed by atoms with van der Waals surface area (Å²) in [7, 11) is 0. The largest absolute Gasteiger partial charge is 0.367 e. The number of benzene rings is 2. The fraction of sp³-hybridized carbons (Fsp3) is 0.294. The second-order valence-electron chi connectivity index (χ2n) is 5.63. The highest BCUT2D eigenvalue weighted by Crippen LogP contribution is 2.24. The van der Waals surface area contributed by atoms with Gasteiger partial charge in [0, 0.05) is 42.8 Å². The molecule has 0 bridgehead atoms. The topological polar surface area (TPSA) is 15.3 Å². The summed E-state index contributed by atoms with van der Waals surface area (Å²) in [5, 5.41) is 3.91. The molecule has 1 saturated heterocycles. The SMILES string of the molecule is Cl.Cl.Fc1ccc(CN(CC2CNC2)c2cccc(Cl)c2)cc1F. The van der Waals surface area contributed by atoms with Crippen molar-refractivity contribution >= 4 is 42.1 Å². The third kappa shape index (κ3) is 5.21. The van der Waals surface area contributed by atoms with Gasteiger partial charge >= 0.3 is 0 Å². The Balaban J connectivity index is 0.00000144. The lowest BCUT2D eigenvalue weighted by molar-refractivity contribution is 0.348. The lowest BCUT2D eigenvalue weighted by atomic mass is 10.0. The van der Waals surface area contributed by atoms with E-state index in [2.05, 4.69) is 10.2 Å². The molecule has 0 aliphatic carbocycles. The zero-order valence-electron chi connectivity index (χ0n) is 12.8. The fourth-order valence-corrected chi connectivity index (χ4v) is 2.77. The van der Waals surface area contributed by atoms with Gasteiger partial charge in [-0.25, -0.2) is 8.78 Å². The van der Waals surface area contributed by atoms with Crippen LogP contribution in [0.2, 0.25) is 5.02 Å². The first-order valence-corrected chi connectivity index (χ1v) is 7.65. The van der Waals surface area contributed by atoms with Crippen molar-refractivity contribution in [3.8, 4) is 0 Å². The molecule has 1 N–H and O–H groups in total. The summed E-state index contributed by atoms with van der Waals surface area (Å²) in [5.41, 5.74) is 1.73. The Kier molecular flexibility index (Phi) is 8.23. The molecule has 2 aromatic rings. The van der Waals surface area contributed by atoms with Gasteiger partial charge in [-0.1, -0.05) is 23.7 Å². The van der Waals surface area contributed by atoms with E-state index < -0.39 is 11.6 Å². The van der Waals surface area contributed by atoms with Crippen molar-refractivity contribution in [2.75, 3.05) is 24.5 Å². The van der Waals surface area contributed by atoms with Crippen LogP contribution in [-0.4, -0.2) is 19.6 Å². The molecule has 0 spiro atoms. The van der Waals surface area contributed by atoms with Crippen molar-refractivity contribution in [3.05, 3.63) is 64.7 Å². The maximum atomic E-state index is 13.4. The highest BCUT2D eigenvalue weighted by atomic mass is 35.5. The van der Waals surface area contributed by atoms with Gasteiger partial charge in [-0.3, -0.25) is 0 Å². The van der Waals surface area contributed by atoms with Crippen LogP contribution in [0.15, 0.2) is 42.5 Å². The average Bonchev–Trinajstić information content (AvgIpc) is 2.45. The van der Waals surface area contributed by atoms with E-state index in [1.807, 2.05) is 24.3 Å². The molecule has 1 heterocycles. The molecule has 2 aromatic carbocycles. The van der Waals surface area contributed by atoms with E-state index in [0.29, 0.717) is 17.5 Å². The van der Waals surface area contributed by atoms with Gasteiger partial charge in [0.05, 0.1) is 0 Å². The van der Waals surface area contributed by atoms with E-state index in [0.717, 1.165) is 30.9 Å². The van der Waals surface area contributed by atoms with E-state index in [1.165, 1.54) is 12.1 Å². The molecule has 0 unspecified atom stereocenters. The van der Waals surface area contributed by atoms with E-state index in [4.69, 9.17) is 11.6 Å². The van der Waals surface area contributed by atoms with Crippen LogP contribution >= 0.6 is 36.4 Å². The zero-order chi connectivity index (χ0) is 15.5. The third-order valence-electron chi connectivity index (χ3n) is 3.88. The minimum atomic E-state index is -0.818. The van der Waals surface area contributed by atoms with Crippen LogP contribution in [0.1, 0.15) is 5.56 Å². The van der Waals surface area contributed by atoms with E-state index in [-0.39, 0.29) is 24.8 Å². The van der Waals surface area contributed by atoms with Gasteiger partial charge in [-0.15, -0.1) is 24.8 Å². The number of anilines is 1. The Morgan fingerprint density at radius 1 is 1.04 bits per heavy atom. The smallest absolute Gasteiger partial charge is 0.159 e. The third-order valence-corrected chi connectivity index (χ3v) is 4.11. The Hall–Kier alpha value is -1.07. The van der Waals surface area contributed by atoms with Crippen LogP contribution < -0.4 is 10.2 Å². The summed E-state index contributed by atoms with van der Waals surface area (Å²) in [6.45, 7) is 3.34. The highest BCUT2D eigenvalue weighted by Gasteiger charge is 2.21. The van der Waals surface area contributed by atoms with Crippen molar-refractivity contribution < 1.29 is 8.78 Å². The normalized spacial score (nSPS) is 13.5.